The third-order valence-corrected chi connectivity index (χ3v) is 7.87. The zero-order valence-corrected chi connectivity index (χ0v) is 22.7. The number of nitrogens with zero attached hydrogens (tertiary/aromatic N) is 1. The fraction of sp³-hybridized carbons (Fsp3) is 0.433. The Labute approximate surface area is 227 Å². The van der Waals surface area contributed by atoms with E-state index in [2.05, 4.69) is 19.2 Å². The van der Waals surface area contributed by atoms with Crippen LogP contribution in [0.5, 0.6) is 5.75 Å². The number of carbonyl (C=O) groups is 3. The van der Waals surface area contributed by atoms with Gasteiger partial charge in [-0.3, -0.25) is 19.0 Å². The number of nitrogens with two attached hydrogens (primary N) is 2. The molecule has 2 aromatic carbocycles. The molecule has 1 aliphatic carbocycles. The van der Waals surface area contributed by atoms with Gasteiger partial charge in [0.2, 0.25) is 5.91 Å². The number of fused-ring (bicyclic) bond motifs is 3. The first-order valence-electron chi connectivity index (χ1n) is 13.4. The molecule has 0 bridgehead atoms. The summed E-state index contributed by atoms with van der Waals surface area (Å²) >= 11 is 0. The van der Waals surface area contributed by atoms with Gasteiger partial charge in [-0.1, -0.05) is 19.9 Å². The standard InChI is InChI=1S/C30H36N4O5/c1-30(2)14-25-28(22-11-9-20(38-3)13-24(22)34(25)26(35)15-30)17-4-10-21(29(32)37)23(12-17)33-18-5-7-19(8-6-18)39-27(36)16-31/h4,9-13,18-19,33H,5-8,14-16,31H2,1-3H3,(H2,32,37)/t18-,19-. The molecule has 1 amide bonds. The van der Waals surface area contributed by atoms with Crippen molar-refractivity contribution in [2.24, 2.45) is 16.9 Å². The highest BCUT2D eigenvalue weighted by atomic mass is 16.5. The van der Waals surface area contributed by atoms with Crippen LogP contribution in [0, 0.1) is 5.41 Å². The van der Waals surface area contributed by atoms with E-state index < -0.39 is 11.9 Å². The third-order valence-electron chi connectivity index (χ3n) is 7.87. The van der Waals surface area contributed by atoms with Gasteiger partial charge in [0.05, 0.1) is 24.7 Å². The lowest BCUT2D eigenvalue weighted by Gasteiger charge is -2.31. The second-order valence-electron chi connectivity index (χ2n) is 11.4. The quantitative estimate of drug-likeness (QED) is 0.387. The number of hydrogen-bond acceptors (Lipinski definition) is 7. The smallest absolute Gasteiger partial charge is 0.319 e. The van der Waals surface area contributed by atoms with Crippen molar-refractivity contribution in [3.8, 4) is 16.9 Å². The van der Waals surface area contributed by atoms with Crippen LogP contribution < -0.4 is 21.5 Å². The summed E-state index contributed by atoms with van der Waals surface area (Å²) in [6.45, 7) is 4.10. The molecule has 1 fully saturated rings. The fourth-order valence-corrected chi connectivity index (χ4v) is 6.04. The molecule has 3 aromatic rings. The molecular formula is C30H36N4O5. The first-order chi connectivity index (χ1) is 18.6. The van der Waals surface area contributed by atoms with Crippen molar-refractivity contribution in [2.75, 3.05) is 19.0 Å². The van der Waals surface area contributed by atoms with E-state index in [0.717, 1.165) is 47.0 Å². The molecule has 1 aromatic heterocycles. The average Bonchev–Trinajstić information content (AvgIpc) is 3.21. The molecule has 0 unspecified atom stereocenters. The topological polar surface area (TPSA) is 139 Å². The molecule has 206 valence electrons. The number of amides is 1. The van der Waals surface area contributed by atoms with E-state index in [-0.39, 0.29) is 30.0 Å². The van der Waals surface area contributed by atoms with Crippen LogP contribution in [0.3, 0.4) is 0 Å². The van der Waals surface area contributed by atoms with Gasteiger partial charge in [0, 0.05) is 40.9 Å². The van der Waals surface area contributed by atoms with Crippen molar-refractivity contribution in [1.29, 1.82) is 0 Å². The summed E-state index contributed by atoms with van der Waals surface area (Å²) in [5, 5.41) is 4.49. The normalized spacial score (nSPS) is 20.4. The van der Waals surface area contributed by atoms with Gasteiger partial charge in [-0.2, -0.15) is 0 Å². The van der Waals surface area contributed by atoms with Crippen molar-refractivity contribution in [3.63, 3.8) is 0 Å². The van der Waals surface area contributed by atoms with E-state index in [1.807, 2.05) is 34.9 Å². The van der Waals surface area contributed by atoms with Crippen molar-refractivity contribution in [3.05, 3.63) is 47.7 Å². The predicted octanol–water partition coefficient (Wildman–Crippen LogP) is 4.25. The minimum absolute atomic E-state index is 0.0601. The van der Waals surface area contributed by atoms with Gasteiger partial charge in [0.1, 0.15) is 11.9 Å². The van der Waals surface area contributed by atoms with Crippen molar-refractivity contribution >= 4 is 34.4 Å². The highest BCUT2D eigenvalue weighted by molar-refractivity contribution is 6.06. The number of hydrogen-bond donors (Lipinski definition) is 3. The number of ether oxygens (including phenoxy) is 2. The Hall–Kier alpha value is -3.85. The Morgan fingerprint density at radius 1 is 1.08 bits per heavy atom. The molecule has 0 saturated heterocycles. The molecule has 9 heteroatoms. The van der Waals surface area contributed by atoms with Crippen LogP contribution in [0.25, 0.3) is 22.0 Å². The Bertz CT molecular complexity index is 1450. The maximum absolute atomic E-state index is 13.4. The number of primary amides is 1. The summed E-state index contributed by atoms with van der Waals surface area (Å²) in [6, 6.07) is 11.5. The van der Waals surface area contributed by atoms with Crippen LogP contribution in [0.1, 0.15) is 66.8 Å². The molecule has 0 spiro atoms. The Morgan fingerprint density at radius 3 is 2.49 bits per heavy atom. The van der Waals surface area contributed by atoms with Gasteiger partial charge in [-0.15, -0.1) is 0 Å². The zero-order valence-electron chi connectivity index (χ0n) is 22.7. The second-order valence-corrected chi connectivity index (χ2v) is 11.4. The van der Waals surface area contributed by atoms with Crippen LogP contribution in [-0.4, -0.2) is 48.2 Å². The van der Waals surface area contributed by atoms with Crippen molar-refractivity contribution < 1.29 is 23.9 Å². The molecule has 0 atom stereocenters. The number of esters is 1. The van der Waals surface area contributed by atoms with Crippen LogP contribution in [0.4, 0.5) is 5.69 Å². The lowest BCUT2D eigenvalue weighted by atomic mass is 9.80. The number of aromatic nitrogens is 1. The van der Waals surface area contributed by atoms with E-state index in [9.17, 15) is 14.4 Å². The maximum atomic E-state index is 13.4. The van der Waals surface area contributed by atoms with Crippen molar-refractivity contribution in [2.45, 2.75) is 64.5 Å². The average molecular weight is 533 g/mol. The number of anilines is 1. The summed E-state index contributed by atoms with van der Waals surface area (Å²) < 4.78 is 12.7. The van der Waals surface area contributed by atoms with Crippen molar-refractivity contribution in [1.82, 2.24) is 4.57 Å². The summed E-state index contributed by atoms with van der Waals surface area (Å²) in [5.41, 5.74) is 15.7. The van der Waals surface area contributed by atoms with Crippen LogP contribution in [0.15, 0.2) is 36.4 Å². The van der Waals surface area contributed by atoms with E-state index in [0.29, 0.717) is 36.3 Å². The van der Waals surface area contributed by atoms with Gasteiger partial charge in [-0.05, 0) is 67.3 Å². The molecule has 1 aliphatic heterocycles. The largest absolute Gasteiger partial charge is 0.497 e. The lowest BCUT2D eigenvalue weighted by molar-refractivity contribution is -0.148. The first kappa shape index (κ1) is 26.7. The van der Waals surface area contributed by atoms with Gasteiger partial charge >= 0.3 is 5.97 Å². The van der Waals surface area contributed by atoms with Crippen LogP contribution >= 0.6 is 0 Å². The molecular weight excluding hydrogens is 496 g/mol. The Kier molecular flexibility index (Phi) is 7.11. The number of rotatable bonds is 7. The fourth-order valence-electron chi connectivity index (χ4n) is 6.04. The van der Waals surface area contributed by atoms with Gasteiger partial charge < -0.3 is 26.3 Å². The number of methoxy groups -OCH3 is 1. The number of benzene rings is 2. The highest BCUT2D eigenvalue weighted by Crippen LogP contribution is 2.44. The van der Waals surface area contributed by atoms with E-state index in [1.54, 1.807) is 13.2 Å². The predicted molar refractivity (Wildman–Crippen MR) is 150 cm³/mol. The van der Waals surface area contributed by atoms with E-state index in [4.69, 9.17) is 20.9 Å². The molecule has 2 aliphatic rings. The first-order valence-corrected chi connectivity index (χ1v) is 13.4. The van der Waals surface area contributed by atoms with Crippen LogP contribution in [-0.2, 0) is 16.0 Å². The molecule has 39 heavy (non-hydrogen) atoms. The van der Waals surface area contributed by atoms with Gasteiger partial charge in [0.25, 0.3) is 5.91 Å². The summed E-state index contributed by atoms with van der Waals surface area (Å²) in [7, 11) is 1.61. The molecule has 1 saturated carbocycles. The number of nitrogens with one attached hydrogen (secondary N) is 1. The molecule has 5 rings (SSSR count). The monoisotopic (exact) mass is 532 g/mol. The van der Waals surface area contributed by atoms with Crippen LogP contribution in [0.2, 0.25) is 0 Å². The summed E-state index contributed by atoms with van der Waals surface area (Å²) in [5.74, 6) is -0.159. The lowest BCUT2D eigenvalue weighted by Crippen LogP contribution is -2.33. The molecule has 0 radical (unpaired) electrons. The minimum atomic E-state index is -0.514. The molecule has 2 heterocycles. The Morgan fingerprint density at radius 2 is 1.82 bits per heavy atom. The SMILES string of the molecule is COc1ccc2c(-c3ccc(C(N)=O)c(N[C@H]4CC[C@H](OC(=O)CN)CC4)c3)c3n(c2c1)C(=O)CC(C)(C)C3. The van der Waals surface area contributed by atoms with E-state index in [1.165, 1.54) is 0 Å². The molecule has 5 N–H and O–H groups in total. The third kappa shape index (κ3) is 5.23. The number of carbonyl (C=O) groups excluding carboxylic acids is 3. The molecule has 9 nitrogen and oxygen atoms in total. The van der Waals surface area contributed by atoms with E-state index >= 15 is 0 Å². The maximum Gasteiger partial charge on any atom is 0.319 e. The minimum Gasteiger partial charge on any atom is -0.497 e. The highest BCUT2D eigenvalue weighted by Gasteiger charge is 2.35. The summed E-state index contributed by atoms with van der Waals surface area (Å²) in [6.07, 6.45) is 4.03. The second kappa shape index (κ2) is 10.4. The zero-order chi connectivity index (χ0) is 27.9. The van der Waals surface area contributed by atoms with Gasteiger partial charge in [-0.25, -0.2) is 0 Å². The Balaban J connectivity index is 1.54. The van der Waals surface area contributed by atoms with Gasteiger partial charge in [0.15, 0.2) is 0 Å². The summed E-state index contributed by atoms with van der Waals surface area (Å²) in [4.78, 5) is 37.3.